The molecule has 176 valence electrons. The second kappa shape index (κ2) is 11.3. The molecular formula is C24H29N2O4S3+. The summed E-state index contributed by atoms with van der Waals surface area (Å²) >= 11 is 3.46. The van der Waals surface area contributed by atoms with Crippen LogP contribution in [0.25, 0.3) is 20.4 Å². The molecule has 0 radical (unpaired) electrons. The number of aryl methyl sites for hydroxylation is 1. The third-order valence-corrected chi connectivity index (χ3v) is 7.75. The molecule has 0 saturated heterocycles. The van der Waals surface area contributed by atoms with Gasteiger partial charge in [0.25, 0.3) is 0 Å². The van der Waals surface area contributed by atoms with Gasteiger partial charge in [0.1, 0.15) is 4.70 Å². The van der Waals surface area contributed by atoms with E-state index in [0.717, 1.165) is 17.5 Å². The van der Waals surface area contributed by atoms with Crippen LogP contribution in [0, 0.1) is 0 Å². The number of aromatic nitrogens is 2. The molecule has 0 bridgehead atoms. The van der Waals surface area contributed by atoms with Crippen LogP contribution in [0.1, 0.15) is 38.6 Å². The molecule has 0 fully saturated rings. The lowest BCUT2D eigenvalue weighted by Crippen LogP contribution is -2.52. The van der Waals surface area contributed by atoms with Gasteiger partial charge >= 0.3 is 10.4 Å². The van der Waals surface area contributed by atoms with Crippen LogP contribution < -0.4 is 4.57 Å². The number of para-hydroxylation sites is 2. The van der Waals surface area contributed by atoms with Crippen LogP contribution in [0.2, 0.25) is 0 Å². The second-order valence-corrected chi connectivity index (χ2v) is 10.8. The number of rotatable bonds is 8. The van der Waals surface area contributed by atoms with E-state index in [2.05, 4.69) is 69.5 Å². The standard InChI is InChI=1S/C15H19NO4S2.C9H9NS/c1-3-9-15(2,10-6-11-20-22(17,18)19)16-12-21-14-8-5-4-7-13(14)16;1-2-9-10-7-5-3-4-6-8(7)11-9/h3-5,7-9,12H,6,10-11H2,1-2H3;3-6H,2H2,1H3/p+1. The number of allylic oxidation sites excluding steroid dienone is 2. The van der Waals surface area contributed by atoms with Gasteiger partial charge in [-0.05, 0) is 44.0 Å². The summed E-state index contributed by atoms with van der Waals surface area (Å²) < 4.78 is 38.9. The summed E-state index contributed by atoms with van der Waals surface area (Å²) in [6.45, 7) is 6.16. The van der Waals surface area contributed by atoms with Crippen LogP contribution in [0.4, 0.5) is 0 Å². The minimum Gasteiger partial charge on any atom is -0.264 e. The topological polar surface area (TPSA) is 80.4 Å². The zero-order valence-corrected chi connectivity index (χ0v) is 21.4. The fourth-order valence-electron chi connectivity index (χ4n) is 3.63. The van der Waals surface area contributed by atoms with E-state index < -0.39 is 10.4 Å². The molecule has 1 unspecified atom stereocenters. The lowest BCUT2D eigenvalue weighted by atomic mass is 9.94. The molecule has 2 aromatic heterocycles. The smallest absolute Gasteiger partial charge is 0.264 e. The van der Waals surface area contributed by atoms with E-state index in [0.29, 0.717) is 12.8 Å². The summed E-state index contributed by atoms with van der Waals surface area (Å²) in [4.78, 5) is 4.45. The van der Waals surface area contributed by atoms with Crippen molar-refractivity contribution in [1.82, 2.24) is 4.98 Å². The molecule has 9 heteroatoms. The van der Waals surface area contributed by atoms with Crippen molar-refractivity contribution in [2.45, 2.75) is 45.6 Å². The largest absolute Gasteiger partial charge is 0.397 e. The van der Waals surface area contributed by atoms with Crippen LogP contribution >= 0.6 is 22.7 Å². The Morgan fingerprint density at radius 3 is 2.52 bits per heavy atom. The summed E-state index contributed by atoms with van der Waals surface area (Å²) in [5.41, 5.74) is 4.07. The predicted molar refractivity (Wildman–Crippen MR) is 136 cm³/mol. The van der Waals surface area contributed by atoms with E-state index in [1.807, 2.05) is 31.2 Å². The zero-order chi connectivity index (χ0) is 23.9. The highest BCUT2D eigenvalue weighted by Crippen LogP contribution is 2.25. The van der Waals surface area contributed by atoms with Gasteiger partial charge in [0.05, 0.1) is 21.8 Å². The first-order chi connectivity index (χ1) is 15.8. The third kappa shape index (κ3) is 6.91. The van der Waals surface area contributed by atoms with Gasteiger partial charge in [0, 0.05) is 19.4 Å². The Labute approximate surface area is 203 Å². The monoisotopic (exact) mass is 505 g/mol. The van der Waals surface area contributed by atoms with Gasteiger partial charge in [-0.1, -0.05) is 48.6 Å². The predicted octanol–water partition coefficient (Wildman–Crippen LogP) is 5.94. The average molecular weight is 506 g/mol. The minimum atomic E-state index is -4.37. The Hall–Kier alpha value is -2.17. The minimum absolute atomic E-state index is 0.0331. The van der Waals surface area contributed by atoms with Crippen LogP contribution in [0.3, 0.4) is 0 Å². The van der Waals surface area contributed by atoms with E-state index in [4.69, 9.17) is 4.55 Å². The molecule has 0 amide bonds. The Balaban J connectivity index is 0.000000231. The SMILES string of the molecule is CC=CC(C)(CCCOS(=O)(=O)O)[n+]1csc2ccccc21.CCc1nc2ccccc2s1. The third-order valence-electron chi connectivity index (χ3n) is 5.19. The Kier molecular flexibility index (Phi) is 8.72. The van der Waals surface area contributed by atoms with Crippen molar-refractivity contribution in [2.75, 3.05) is 6.61 Å². The summed E-state index contributed by atoms with van der Waals surface area (Å²) in [5, 5.41) is 1.23. The van der Waals surface area contributed by atoms with Crippen molar-refractivity contribution in [2.24, 2.45) is 0 Å². The lowest BCUT2D eigenvalue weighted by molar-refractivity contribution is -0.723. The molecule has 4 aromatic rings. The fourth-order valence-corrected chi connectivity index (χ4v) is 5.88. The molecule has 0 saturated carbocycles. The van der Waals surface area contributed by atoms with Crippen molar-refractivity contribution >= 4 is 53.5 Å². The molecular weight excluding hydrogens is 476 g/mol. The number of fused-ring (bicyclic) bond motifs is 2. The van der Waals surface area contributed by atoms with Crippen molar-refractivity contribution in [1.29, 1.82) is 0 Å². The van der Waals surface area contributed by atoms with Gasteiger partial charge in [-0.2, -0.15) is 13.0 Å². The van der Waals surface area contributed by atoms with E-state index in [-0.39, 0.29) is 12.1 Å². The van der Waals surface area contributed by atoms with E-state index in [9.17, 15) is 8.42 Å². The van der Waals surface area contributed by atoms with Gasteiger partial charge in [-0.3, -0.25) is 4.55 Å². The molecule has 33 heavy (non-hydrogen) atoms. The quantitative estimate of drug-likeness (QED) is 0.139. The van der Waals surface area contributed by atoms with Gasteiger partial charge < -0.3 is 0 Å². The van der Waals surface area contributed by atoms with E-state index in [1.54, 1.807) is 22.7 Å². The first kappa shape index (κ1) is 25.5. The highest BCUT2D eigenvalue weighted by Gasteiger charge is 2.33. The molecule has 2 aromatic carbocycles. The molecule has 0 spiro atoms. The van der Waals surface area contributed by atoms with Crippen molar-refractivity contribution in [3.63, 3.8) is 0 Å². The summed E-state index contributed by atoms with van der Waals surface area (Å²) in [5.74, 6) is 0. The number of hydrogen-bond acceptors (Lipinski definition) is 6. The molecule has 1 N–H and O–H groups in total. The lowest BCUT2D eigenvalue weighted by Gasteiger charge is -2.19. The normalized spacial score (nSPS) is 13.8. The molecule has 2 heterocycles. The average Bonchev–Trinajstić information content (AvgIpc) is 3.41. The molecule has 0 aliphatic rings. The highest BCUT2D eigenvalue weighted by atomic mass is 32.3. The zero-order valence-electron chi connectivity index (χ0n) is 19.0. The van der Waals surface area contributed by atoms with Crippen LogP contribution in [-0.2, 0) is 26.5 Å². The first-order valence-corrected chi connectivity index (χ1v) is 13.8. The van der Waals surface area contributed by atoms with Crippen LogP contribution in [0.15, 0.2) is 66.2 Å². The van der Waals surface area contributed by atoms with Crippen molar-refractivity contribution in [3.8, 4) is 0 Å². The van der Waals surface area contributed by atoms with Crippen LogP contribution in [0.5, 0.6) is 0 Å². The molecule has 4 rings (SSSR count). The summed E-state index contributed by atoms with van der Waals surface area (Å²) in [7, 11) is -4.37. The van der Waals surface area contributed by atoms with E-state index in [1.165, 1.54) is 14.4 Å². The van der Waals surface area contributed by atoms with Gasteiger partial charge in [0.15, 0.2) is 5.54 Å². The Morgan fingerprint density at radius 1 is 1.15 bits per heavy atom. The first-order valence-electron chi connectivity index (χ1n) is 10.7. The fraction of sp³-hybridized carbons (Fsp3) is 0.333. The summed E-state index contributed by atoms with van der Waals surface area (Å²) in [6.07, 6.45) is 6.33. The van der Waals surface area contributed by atoms with Crippen LogP contribution in [-0.4, -0.2) is 24.6 Å². The molecule has 0 aliphatic carbocycles. The van der Waals surface area contributed by atoms with E-state index >= 15 is 0 Å². The summed E-state index contributed by atoms with van der Waals surface area (Å²) in [6, 6.07) is 16.4. The maximum absolute atomic E-state index is 10.6. The maximum Gasteiger partial charge on any atom is 0.397 e. The Morgan fingerprint density at radius 2 is 1.85 bits per heavy atom. The molecule has 0 aliphatic heterocycles. The van der Waals surface area contributed by atoms with Gasteiger partial charge in [-0.25, -0.2) is 9.17 Å². The number of hydrogen-bond donors (Lipinski definition) is 1. The van der Waals surface area contributed by atoms with Crippen molar-refractivity contribution < 1.29 is 21.7 Å². The number of nitrogens with zero attached hydrogens (tertiary/aromatic N) is 2. The van der Waals surface area contributed by atoms with Gasteiger partial charge in [-0.15, -0.1) is 11.3 Å². The van der Waals surface area contributed by atoms with Gasteiger partial charge in [0.2, 0.25) is 11.0 Å². The Bertz CT molecular complexity index is 1290. The number of benzene rings is 2. The number of thiazole rings is 2. The maximum atomic E-state index is 10.6. The molecule has 1 atom stereocenters. The second-order valence-electron chi connectivity index (χ2n) is 7.70. The molecule has 6 nitrogen and oxygen atoms in total. The highest BCUT2D eigenvalue weighted by molar-refractivity contribution is 7.80. The van der Waals surface area contributed by atoms with Crippen molar-refractivity contribution in [3.05, 3.63) is 71.2 Å².